The zero-order chi connectivity index (χ0) is 15.8. The van der Waals surface area contributed by atoms with Gasteiger partial charge in [-0.1, -0.05) is 34.6 Å². The number of nitrogens with zero attached hydrogens (tertiary/aromatic N) is 1. The van der Waals surface area contributed by atoms with Crippen molar-refractivity contribution in [2.24, 2.45) is 11.3 Å². The summed E-state index contributed by atoms with van der Waals surface area (Å²) in [5.41, 5.74) is 7.47. The topological polar surface area (TPSA) is 64.2 Å². The minimum atomic E-state index is -1.77. The standard InChI is InChI=1S/C15H29N2O2Si/c1-14(2,3)20(6,7)19-10-11-8-12(17-16)13(18)9-15(11,4)5/h11,16H,8-10H2,1-7H3/q+1. The van der Waals surface area contributed by atoms with Gasteiger partial charge in [-0.25, -0.2) is 0 Å². The highest BCUT2D eigenvalue weighted by Gasteiger charge is 2.46. The van der Waals surface area contributed by atoms with E-state index >= 15 is 0 Å². The maximum Gasteiger partial charge on any atom is 0.384 e. The molecule has 20 heavy (non-hydrogen) atoms. The van der Waals surface area contributed by atoms with Crippen LogP contribution in [0.1, 0.15) is 47.5 Å². The summed E-state index contributed by atoms with van der Waals surface area (Å²) < 4.78 is 6.31. The summed E-state index contributed by atoms with van der Waals surface area (Å²) in [5, 5.41) is 0.188. The number of rotatable bonds is 3. The van der Waals surface area contributed by atoms with E-state index in [0.717, 1.165) is 0 Å². The smallest absolute Gasteiger partial charge is 0.384 e. The molecule has 0 aromatic rings. The molecule has 5 heteroatoms. The van der Waals surface area contributed by atoms with E-state index < -0.39 is 8.32 Å². The summed E-state index contributed by atoms with van der Waals surface area (Å²) in [6.07, 6.45) is 1.04. The Hall–Kier alpha value is -0.773. The maximum atomic E-state index is 11.9. The van der Waals surface area contributed by atoms with Gasteiger partial charge in [-0.2, -0.15) is 0 Å². The average Bonchev–Trinajstić information content (AvgIpc) is 2.25. The van der Waals surface area contributed by atoms with Gasteiger partial charge in [-0.3, -0.25) is 4.79 Å². The molecule has 1 aliphatic rings. The van der Waals surface area contributed by atoms with Gasteiger partial charge in [0, 0.05) is 13.0 Å². The lowest BCUT2D eigenvalue weighted by Gasteiger charge is -2.41. The normalized spacial score (nSPS) is 23.6. The van der Waals surface area contributed by atoms with Crippen LogP contribution in [-0.4, -0.2) is 31.2 Å². The number of nitrogens with one attached hydrogen (secondary N) is 1. The van der Waals surface area contributed by atoms with E-state index in [2.05, 4.69) is 52.5 Å². The molecular weight excluding hydrogens is 268 g/mol. The summed E-state index contributed by atoms with van der Waals surface area (Å²) in [5.74, 6) is 0.284. The molecule has 0 bridgehead atoms. The SMILES string of the molecule is CC1(C)CC(=O)C(=[N+]=N)CC1CO[Si](C)(C)C(C)(C)C. The Morgan fingerprint density at radius 3 is 2.40 bits per heavy atom. The monoisotopic (exact) mass is 297 g/mol. The van der Waals surface area contributed by atoms with E-state index in [1.807, 2.05) is 0 Å². The van der Waals surface area contributed by atoms with E-state index in [4.69, 9.17) is 9.96 Å². The van der Waals surface area contributed by atoms with Crippen molar-refractivity contribution in [3.63, 3.8) is 0 Å². The van der Waals surface area contributed by atoms with Crippen LogP contribution in [0.5, 0.6) is 0 Å². The summed E-state index contributed by atoms with van der Waals surface area (Å²) in [6, 6.07) is 0. The third-order valence-corrected chi connectivity index (χ3v) is 9.57. The molecule has 0 spiro atoms. The molecule has 0 aromatic heterocycles. The molecular formula is C15H29N2O2Si+. The third kappa shape index (κ3) is 3.66. The van der Waals surface area contributed by atoms with Crippen molar-refractivity contribution in [3.05, 3.63) is 0 Å². The zero-order valence-electron chi connectivity index (χ0n) is 14.0. The van der Waals surface area contributed by atoms with Gasteiger partial charge in [-0.05, 0) is 29.5 Å². The minimum Gasteiger partial charge on any atom is -0.417 e. The Labute approximate surface area is 123 Å². The number of ketones is 1. The second-order valence-corrected chi connectivity index (χ2v) is 12.9. The van der Waals surface area contributed by atoms with Gasteiger partial charge in [0.25, 0.3) is 0 Å². The summed E-state index contributed by atoms with van der Waals surface area (Å²) in [6.45, 7) is 16.1. The second kappa shape index (κ2) is 5.55. The van der Waals surface area contributed by atoms with Gasteiger partial charge in [0.2, 0.25) is 5.78 Å². The van der Waals surface area contributed by atoms with E-state index in [1.165, 1.54) is 0 Å². The Morgan fingerprint density at radius 1 is 1.40 bits per heavy atom. The maximum absolute atomic E-state index is 11.9. The van der Waals surface area contributed by atoms with E-state index in [-0.39, 0.29) is 22.2 Å². The molecule has 1 atom stereocenters. The molecule has 114 valence electrons. The molecule has 0 aliphatic heterocycles. The van der Waals surface area contributed by atoms with E-state index in [1.54, 1.807) is 0 Å². The average molecular weight is 297 g/mol. The van der Waals surface area contributed by atoms with Crippen LogP contribution in [0.15, 0.2) is 0 Å². The quantitative estimate of drug-likeness (QED) is 0.490. The third-order valence-electron chi connectivity index (χ3n) is 5.07. The summed E-state index contributed by atoms with van der Waals surface area (Å²) in [7, 11) is -1.77. The Kier molecular flexibility index (Phi) is 4.79. The molecule has 4 nitrogen and oxygen atoms in total. The van der Waals surface area contributed by atoms with Crippen LogP contribution >= 0.6 is 0 Å². The lowest BCUT2D eigenvalue weighted by atomic mass is 9.68. The lowest BCUT2D eigenvalue weighted by Crippen LogP contribution is -2.46. The van der Waals surface area contributed by atoms with Crippen molar-refractivity contribution in [1.82, 2.24) is 0 Å². The Morgan fingerprint density at radius 2 is 1.95 bits per heavy atom. The van der Waals surface area contributed by atoms with Gasteiger partial charge in [0.05, 0.1) is 16.7 Å². The van der Waals surface area contributed by atoms with Gasteiger partial charge < -0.3 is 4.43 Å². The highest BCUT2D eigenvalue weighted by Crippen LogP contribution is 2.41. The summed E-state index contributed by atoms with van der Waals surface area (Å²) >= 11 is 0. The molecule has 0 amide bonds. The van der Waals surface area contributed by atoms with Crippen molar-refractivity contribution in [2.75, 3.05) is 6.61 Å². The van der Waals surface area contributed by atoms with Crippen molar-refractivity contribution in [3.8, 4) is 0 Å². The highest BCUT2D eigenvalue weighted by molar-refractivity contribution is 6.74. The van der Waals surface area contributed by atoms with Crippen LogP contribution in [0.25, 0.3) is 0 Å². The molecule has 1 rings (SSSR count). The van der Waals surface area contributed by atoms with E-state index in [0.29, 0.717) is 25.2 Å². The van der Waals surface area contributed by atoms with E-state index in [9.17, 15) is 4.79 Å². The van der Waals surface area contributed by atoms with Crippen LogP contribution in [-0.2, 0) is 9.22 Å². The molecule has 0 aromatic carbocycles. The van der Waals surface area contributed by atoms with Crippen molar-refractivity contribution in [1.29, 1.82) is 5.53 Å². The van der Waals surface area contributed by atoms with Crippen LogP contribution < -0.4 is 0 Å². The van der Waals surface area contributed by atoms with Crippen molar-refractivity contribution in [2.45, 2.75) is 65.6 Å². The number of carbonyl (C=O) groups is 1. The molecule has 1 aliphatic carbocycles. The highest BCUT2D eigenvalue weighted by atomic mass is 28.4. The first kappa shape index (κ1) is 17.3. The van der Waals surface area contributed by atoms with Crippen molar-refractivity contribution < 1.29 is 14.0 Å². The molecule has 1 saturated carbocycles. The van der Waals surface area contributed by atoms with Crippen LogP contribution in [0.3, 0.4) is 0 Å². The first-order chi connectivity index (χ1) is 8.90. The van der Waals surface area contributed by atoms with Crippen LogP contribution in [0.2, 0.25) is 18.1 Å². The van der Waals surface area contributed by atoms with Crippen LogP contribution in [0.4, 0.5) is 0 Å². The zero-order valence-corrected chi connectivity index (χ0v) is 15.0. The largest absolute Gasteiger partial charge is 0.417 e. The number of carbonyl (C=O) groups excluding carboxylic acids is 1. The fourth-order valence-electron chi connectivity index (χ4n) is 2.20. The second-order valence-electron chi connectivity index (χ2n) is 8.12. The first-order valence-electron chi connectivity index (χ1n) is 7.31. The predicted octanol–water partition coefficient (Wildman–Crippen LogP) is 3.69. The fourth-order valence-corrected chi connectivity index (χ4v) is 3.25. The minimum absolute atomic E-state index is 0.0218. The number of hydrogen-bond acceptors (Lipinski definition) is 3. The Bertz CT molecular complexity index is 443. The molecule has 0 heterocycles. The molecule has 1 N–H and O–H groups in total. The number of hydrogen-bond donors (Lipinski definition) is 1. The molecule has 1 fully saturated rings. The fraction of sp³-hybridized carbons (Fsp3) is 0.867. The first-order valence-corrected chi connectivity index (χ1v) is 10.2. The van der Waals surface area contributed by atoms with Gasteiger partial charge in [0.1, 0.15) is 0 Å². The van der Waals surface area contributed by atoms with Gasteiger partial charge in [0.15, 0.2) is 8.32 Å². The Balaban J connectivity index is 2.81. The predicted molar refractivity (Wildman–Crippen MR) is 82.6 cm³/mol. The lowest BCUT2D eigenvalue weighted by molar-refractivity contribution is -0.144. The molecule has 0 saturated heterocycles. The number of Topliss-reactive ketones (excluding diaryl/α,β-unsaturated/α-hetero) is 1. The summed E-state index contributed by atoms with van der Waals surface area (Å²) in [4.78, 5) is 15.3. The van der Waals surface area contributed by atoms with Gasteiger partial charge in [-0.15, -0.1) is 0 Å². The molecule has 1 unspecified atom stereocenters. The molecule has 0 radical (unpaired) electrons. The van der Waals surface area contributed by atoms with Crippen molar-refractivity contribution >= 4 is 19.8 Å². The van der Waals surface area contributed by atoms with Crippen LogP contribution in [0, 0.1) is 16.9 Å². The van der Waals surface area contributed by atoms with Gasteiger partial charge >= 0.3 is 5.71 Å².